The zero-order valence-corrected chi connectivity index (χ0v) is 18.9. The normalized spacial score (nSPS) is 14.5. The molecule has 7 heteroatoms. The third-order valence-corrected chi connectivity index (χ3v) is 6.24. The van der Waals surface area contributed by atoms with Gasteiger partial charge in [0, 0.05) is 18.7 Å². The van der Waals surface area contributed by atoms with E-state index in [9.17, 15) is 0 Å². The Kier molecular flexibility index (Phi) is 6.04. The minimum atomic E-state index is -0.192. The molecular weight excluding hydrogens is 414 g/mol. The van der Waals surface area contributed by atoms with Gasteiger partial charge in [0.15, 0.2) is 5.82 Å². The van der Waals surface area contributed by atoms with Crippen molar-refractivity contribution in [3.8, 4) is 11.5 Å². The molecule has 2 heterocycles. The average Bonchev–Trinajstić information content (AvgIpc) is 3.32. The van der Waals surface area contributed by atoms with Gasteiger partial charge in [0.1, 0.15) is 17.5 Å². The van der Waals surface area contributed by atoms with Gasteiger partial charge in [0.25, 0.3) is 0 Å². The van der Waals surface area contributed by atoms with Crippen molar-refractivity contribution in [2.45, 2.75) is 25.6 Å². The van der Waals surface area contributed by atoms with Gasteiger partial charge < -0.3 is 9.47 Å². The van der Waals surface area contributed by atoms with Gasteiger partial charge >= 0.3 is 0 Å². The molecule has 1 atom stereocenters. The van der Waals surface area contributed by atoms with Gasteiger partial charge in [-0.05, 0) is 51.7 Å². The fraction of sp³-hybridized carbons (Fsp3) is 0.269. The summed E-state index contributed by atoms with van der Waals surface area (Å²) in [4.78, 5) is 2.42. The van der Waals surface area contributed by atoms with Crippen LogP contribution in [0.25, 0.3) is 0 Å². The lowest BCUT2D eigenvalue weighted by Gasteiger charge is -2.35. The monoisotopic (exact) mass is 441 g/mol. The number of fused-ring (bicyclic) bond motifs is 1. The van der Waals surface area contributed by atoms with Gasteiger partial charge in [-0.3, -0.25) is 4.90 Å². The summed E-state index contributed by atoms with van der Waals surface area (Å²) < 4.78 is 13.2. The maximum atomic E-state index is 5.78. The van der Waals surface area contributed by atoms with Gasteiger partial charge in [-0.2, -0.15) is 0 Å². The molecule has 3 aromatic carbocycles. The molecule has 1 aromatic heterocycles. The van der Waals surface area contributed by atoms with E-state index in [2.05, 4.69) is 56.8 Å². The van der Waals surface area contributed by atoms with Crippen molar-refractivity contribution in [3.05, 3.63) is 101 Å². The third-order valence-electron chi connectivity index (χ3n) is 6.24. The molecule has 5 rings (SSSR count). The van der Waals surface area contributed by atoms with E-state index < -0.39 is 0 Å². The Bertz CT molecular complexity index is 1220. The van der Waals surface area contributed by atoms with Crippen LogP contribution in [0.3, 0.4) is 0 Å². The van der Waals surface area contributed by atoms with E-state index >= 15 is 0 Å². The van der Waals surface area contributed by atoms with Crippen LogP contribution in [0.2, 0.25) is 0 Å². The Hall–Kier alpha value is -3.71. The maximum Gasteiger partial charge on any atom is 0.173 e. The summed E-state index contributed by atoms with van der Waals surface area (Å²) in [5, 5.41) is 12.9. The molecule has 0 aliphatic carbocycles. The second kappa shape index (κ2) is 9.42. The Balaban J connectivity index is 1.60. The minimum Gasteiger partial charge on any atom is -0.497 e. The van der Waals surface area contributed by atoms with Crippen LogP contribution in [0.1, 0.15) is 34.1 Å². The second-order valence-electron chi connectivity index (χ2n) is 8.18. The van der Waals surface area contributed by atoms with E-state index in [0.717, 1.165) is 48.0 Å². The standard InChI is InChI=1S/C26H27N5O2/c1-32-22-12-13-24(33-2)23(16-22)25(30-15-14-20-10-6-7-11-21(20)18-30)26-27-28-29-31(26)17-19-8-4-3-5-9-19/h3-13,16,25H,14-15,17-18H2,1-2H3. The topological polar surface area (TPSA) is 65.3 Å². The number of hydrogen-bond donors (Lipinski definition) is 0. The molecular formula is C26H27N5O2. The lowest BCUT2D eigenvalue weighted by atomic mass is 9.95. The minimum absolute atomic E-state index is 0.192. The molecule has 1 unspecified atom stereocenters. The first-order valence-corrected chi connectivity index (χ1v) is 11.1. The molecule has 1 aliphatic rings. The predicted octanol–water partition coefficient (Wildman–Crippen LogP) is 3.89. The van der Waals surface area contributed by atoms with Gasteiger partial charge in [0.2, 0.25) is 0 Å². The van der Waals surface area contributed by atoms with E-state index in [1.165, 1.54) is 11.1 Å². The highest BCUT2D eigenvalue weighted by Gasteiger charge is 2.33. The highest BCUT2D eigenvalue weighted by molar-refractivity contribution is 5.45. The molecule has 33 heavy (non-hydrogen) atoms. The van der Waals surface area contributed by atoms with Crippen LogP contribution in [0, 0.1) is 0 Å². The molecule has 1 aliphatic heterocycles. The first-order chi connectivity index (χ1) is 16.3. The van der Waals surface area contributed by atoms with E-state index in [4.69, 9.17) is 9.47 Å². The third kappa shape index (κ3) is 4.32. The van der Waals surface area contributed by atoms with Crippen LogP contribution >= 0.6 is 0 Å². The Morgan fingerprint density at radius 2 is 1.70 bits per heavy atom. The molecule has 0 fully saturated rings. The summed E-state index contributed by atoms with van der Waals surface area (Å²) >= 11 is 0. The molecule has 168 valence electrons. The van der Waals surface area contributed by atoms with Gasteiger partial charge in [-0.25, -0.2) is 4.68 Å². The van der Waals surface area contributed by atoms with Crippen molar-refractivity contribution in [2.24, 2.45) is 0 Å². The molecule has 0 spiro atoms. The van der Waals surface area contributed by atoms with Crippen LogP contribution in [0.4, 0.5) is 0 Å². The first kappa shape index (κ1) is 21.2. The summed E-state index contributed by atoms with van der Waals surface area (Å²) in [6, 6.07) is 24.6. The van der Waals surface area contributed by atoms with Crippen molar-refractivity contribution in [3.63, 3.8) is 0 Å². The van der Waals surface area contributed by atoms with Crippen LogP contribution in [0.5, 0.6) is 11.5 Å². The summed E-state index contributed by atoms with van der Waals surface area (Å²) in [6.07, 6.45) is 0.971. The average molecular weight is 442 g/mol. The van der Waals surface area contributed by atoms with Gasteiger partial charge in [0.05, 0.1) is 20.8 Å². The molecule has 0 saturated heterocycles. The molecule has 7 nitrogen and oxygen atoms in total. The molecule has 0 saturated carbocycles. The molecule has 0 bridgehead atoms. The number of ether oxygens (including phenoxy) is 2. The second-order valence-corrected chi connectivity index (χ2v) is 8.18. The first-order valence-electron chi connectivity index (χ1n) is 11.1. The number of rotatable bonds is 7. The van der Waals surface area contributed by atoms with Gasteiger partial charge in [-0.1, -0.05) is 54.6 Å². The van der Waals surface area contributed by atoms with Crippen LogP contribution in [0.15, 0.2) is 72.8 Å². The maximum absolute atomic E-state index is 5.78. The van der Waals surface area contributed by atoms with Crippen molar-refractivity contribution in [1.82, 2.24) is 25.1 Å². The fourth-order valence-corrected chi connectivity index (χ4v) is 4.57. The van der Waals surface area contributed by atoms with Crippen LogP contribution < -0.4 is 9.47 Å². The highest BCUT2D eigenvalue weighted by Crippen LogP contribution is 2.38. The quantitative estimate of drug-likeness (QED) is 0.434. The lowest BCUT2D eigenvalue weighted by Crippen LogP contribution is -2.36. The summed E-state index contributed by atoms with van der Waals surface area (Å²) in [5.41, 5.74) is 4.86. The number of tetrazole rings is 1. The van der Waals surface area contributed by atoms with Crippen molar-refractivity contribution >= 4 is 0 Å². The highest BCUT2D eigenvalue weighted by atomic mass is 16.5. The zero-order valence-electron chi connectivity index (χ0n) is 18.9. The van der Waals surface area contributed by atoms with Crippen molar-refractivity contribution in [2.75, 3.05) is 20.8 Å². The number of aromatic nitrogens is 4. The Morgan fingerprint density at radius 1 is 0.909 bits per heavy atom. The number of hydrogen-bond acceptors (Lipinski definition) is 6. The van der Waals surface area contributed by atoms with E-state index in [-0.39, 0.29) is 6.04 Å². The van der Waals surface area contributed by atoms with E-state index in [1.807, 2.05) is 41.1 Å². The molecule has 4 aromatic rings. The van der Waals surface area contributed by atoms with Gasteiger partial charge in [-0.15, -0.1) is 5.10 Å². The largest absolute Gasteiger partial charge is 0.497 e. The fourth-order valence-electron chi connectivity index (χ4n) is 4.57. The van der Waals surface area contributed by atoms with E-state index in [1.54, 1.807) is 14.2 Å². The van der Waals surface area contributed by atoms with Crippen molar-refractivity contribution < 1.29 is 9.47 Å². The SMILES string of the molecule is COc1ccc(OC)c(C(c2nnnn2Cc2ccccc2)N2CCc3ccccc3C2)c1. The number of benzene rings is 3. The smallest absolute Gasteiger partial charge is 0.173 e. The zero-order chi connectivity index (χ0) is 22.6. The Labute approximate surface area is 193 Å². The molecule has 0 radical (unpaired) electrons. The summed E-state index contributed by atoms with van der Waals surface area (Å²) in [5.74, 6) is 2.34. The van der Waals surface area contributed by atoms with Crippen molar-refractivity contribution in [1.29, 1.82) is 0 Å². The summed E-state index contributed by atoms with van der Waals surface area (Å²) in [6.45, 7) is 2.29. The number of nitrogens with zero attached hydrogens (tertiary/aromatic N) is 5. The Morgan fingerprint density at radius 3 is 2.48 bits per heavy atom. The number of methoxy groups -OCH3 is 2. The lowest BCUT2D eigenvalue weighted by molar-refractivity contribution is 0.191. The predicted molar refractivity (Wildman–Crippen MR) is 125 cm³/mol. The van der Waals surface area contributed by atoms with Crippen LogP contribution in [-0.4, -0.2) is 45.9 Å². The molecule has 0 amide bonds. The van der Waals surface area contributed by atoms with Crippen LogP contribution in [-0.2, 0) is 19.5 Å². The van der Waals surface area contributed by atoms with E-state index in [0.29, 0.717) is 6.54 Å². The summed E-state index contributed by atoms with van der Waals surface area (Å²) in [7, 11) is 3.37. The molecule has 0 N–H and O–H groups in total.